The van der Waals surface area contributed by atoms with Crippen molar-refractivity contribution in [3.8, 4) is 11.7 Å². The monoisotopic (exact) mass is 305 g/mol. The third-order valence-corrected chi connectivity index (χ3v) is 3.55. The van der Waals surface area contributed by atoms with Crippen LogP contribution >= 0.6 is 0 Å². The summed E-state index contributed by atoms with van der Waals surface area (Å²) in [6.07, 6.45) is 0.346. The van der Waals surface area contributed by atoms with E-state index in [0.29, 0.717) is 6.54 Å². The number of nitrogens with zero attached hydrogens (tertiary/aromatic N) is 4. The maximum absolute atomic E-state index is 10.0. The van der Waals surface area contributed by atoms with Crippen LogP contribution in [0.15, 0.2) is 30.3 Å². The minimum absolute atomic E-state index is 0.00734. The lowest BCUT2D eigenvalue weighted by Crippen LogP contribution is -2.44. The number of benzene rings is 1. The zero-order chi connectivity index (χ0) is 16.0. The van der Waals surface area contributed by atoms with Gasteiger partial charge in [-0.05, 0) is 42.8 Å². The van der Waals surface area contributed by atoms with Crippen LogP contribution in [0.3, 0.4) is 0 Å². The number of hydrogen-bond acceptors (Lipinski definition) is 6. The van der Waals surface area contributed by atoms with E-state index in [-0.39, 0.29) is 18.2 Å². The molecule has 7 nitrogen and oxygen atoms in total. The lowest BCUT2D eigenvalue weighted by Gasteiger charge is -2.26. The molecule has 0 aliphatic carbocycles. The molecule has 2 aromatic rings. The largest absolute Gasteiger partial charge is 0.459 e. The summed E-state index contributed by atoms with van der Waals surface area (Å²) >= 11 is 0. The van der Waals surface area contributed by atoms with Gasteiger partial charge in [0.25, 0.3) is 0 Å². The quantitative estimate of drug-likeness (QED) is 0.762. The number of para-hydroxylation sites is 1. The van der Waals surface area contributed by atoms with Crippen LogP contribution in [0.2, 0.25) is 0 Å². The van der Waals surface area contributed by atoms with Crippen molar-refractivity contribution < 1.29 is 9.84 Å². The maximum atomic E-state index is 10.0. The van der Waals surface area contributed by atoms with E-state index >= 15 is 0 Å². The fourth-order valence-corrected chi connectivity index (χ4v) is 1.75. The van der Waals surface area contributed by atoms with Crippen LogP contribution in [0, 0.1) is 0 Å². The first-order valence-corrected chi connectivity index (χ1v) is 7.41. The molecule has 0 saturated carbocycles. The Labute approximate surface area is 130 Å². The Hall–Kier alpha value is -1.99. The molecule has 1 aromatic carbocycles. The summed E-state index contributed by atoms with van der Waals surface area (Å²) in [6.45, 7) is 6.87. The molecule has 0 bridgehead atoms. The summed E-state index contributed by atoms with van der Waals surface area (Å²) in [5.74, 6) is 0. The van der Waals surface area contributed by atoms with E-state index in [1.54, 1.807) is 0 Å². The summed E-state index contributed by atoms with van der Waals surface area (Å²) in [7, 11) is 0. The molecule has 120 valence electrons. The summed E-state index contributed by atoms with van der Waals surface area (Å²) in [5.41, 5.74) is 0.800. The first kappa shape index (κ1) is 16.4. The molecule has 2 rings (SSSR count). The van der Waals surface area contributed by atoms with Crippen molar-refractivity contribution in [2.45, 2.75) is 38.8 Å². The minimum Gasteiger partial charge on any atom is -0.459 e. The number of aliphatic hydroxyl groups excluding tert-OH is 1. The van der Waals surface area contributed by atoms with Gasteiger partial charge in [0, 0.05) is 12.1 Å². The van der Waals surface area contributed by atoms with E-state index in [0.717, 1.165) is 12.1 Å². The molecule has 0 saturated heterocycles. The fraction of sp³-hybridized carbons (Fsp3) is 0.533. The lowest BCUT2D eigenvalue weighted by molar-refractivity contribution is 0.0924. The average molecular weight is 305 g/mol. The lowest BCUT2D eigenvalue weighted by atomic mass is 10.0. The standard InChI is InChI=1S/C15H23N5O2/c1-4-15(2,3)16-10-13(21)11-22-14-17-18-19-20(14)12-8-6-5-7-9-12/h5-9,13,16,21H,4,10-11H2,1-3H3. The molecular weight excluding hydrogens is 282 g/mol. The first-order chi connectivity index (χ1) is 10.5. The van der Waals surface area contributed by atoms with E-state index in [9.17, 15) is 5.11 Å². The molecule has 22 heavy (non-hydrogen) atoms. The van der Waals surface area contributed by atoms with E-state index in [2.05, 4.69) is 41.6 Å². The van der Waals surface area contributed by atoms with Gasteiger partial charge >= 0.3 is 6.01 Å². The molecule has 0 aliphatic rings. The molecule has 2 N–H and O–H groups in total. The van der Waals surface area contributed by atoms with Gasteiger partial charge in [-0.15, -0.1) is 0 Å². The fourth-order valence-electron chi connectivity index (χ4n) is 1.75. The number of tetrazole rings is 1. The number of aromatic nitrogens is 4. The van der Waals surface area contributed by atoms with Gasteiger partial charge in [0.15, 0.2) is 0 Å². The average Bonchev–Trinajstić information content (AvgIpc) is 3.00. The molecule has 1 atom stereocenters. The highest BCUT2D eigenvalue weighted by Crippen LogP contribution is 2.12. The van der Waals surface area contributed by atoms with Gasteiger partial charge < -0.3 is 15.2 Å². The third kappa shape index (κ3) is 4.51. The number of ether oxygens (including phenoxy) is 1. The van der Waals surface area contributed by atoms with Crippen molar-refractivity contribution in [2.24, 2.45) is 0 Å². The number of hydrogen-bond donors (Lipinski definition) is 2. The van der Waals surface area contributed by atoms with Crippen LogP contribution < -0.4 is 10.1 Å². The normalized spacial score (nSPS) is 13.1. The van der Waals surface area contributed by atoms with Gasteiger partial charge in [-0.1, -0.05) is 30.2 Å². The Morgan fingerprint density at radius 2 is 2.05 bits per heavy atom. The van der Waals surface area contributed by atoms with Crippen molar-refractivity contribution >= 4 is 0 Å². The van der Waals surface area contributed by atoms with Crippen LogP contribution in [0.5, 0.6) is 6.01 Å². The summed E-state index contributed by atoms with van der Waals surface area (Å²) in [4.78, 5) is 0. The maximum Gasteiger partial charge on any atom is 0.340 e. The Bertz CT molecular complexity index is 570. The zero-order valence-electron chi connectivity index (χ0n) is 13.2. The van der Waals surface area contributed by atoms with Crippen molar-refractivity contribution in [2.75, 3.05) is 13.2 Å². The van der Waals surface area contributed by atoms with E-state index < -0.39 is 6.10 Å². The second-order valence-electron chi connectivity index (χ2n) is 5.79. The second kappa shape index (κ2) is 7.33. The smallest absolute Gasteiger partial charge is 0.340 e. The minimum atomic E-state index is -0.633. The van der Waals surface area contributed by atoms with Crippen molar-refractivity contribution in [3.63, 3.8) is 0 Å². The highest BCUT2D eigenvalue weighted by Gasteiger charge is 2.17. The molecule has 0 aliphatic heterocycles. The highest BCUT2D eigenvalue weighted by atomic mass is 16.5. The van der Waals surface area contributed by atoms with Gasteiger partial charge in [-0.2, -0.15) is 4.68 Å². The second-order valence-corrected chi connectivity index (χ2v) is 5.79. The number of aliphatic hydroxyl groups is 1. The topological polar surface area (TPSA) is 85.1 Å². The molecule has 1 heterocycles. The Balaban J connectivity index is 1.89. The van der Waals surface area contributed by atoms with Gasteiger partial charge in [0.05, 0.1) is 5.69 Å². The van der Waals surface area contributed by atoms with Crippen molar-refractivity contribution in [1.29, 1.82) is 0 Å². The molecular formula is C15H23N5O2. The van der Waals surface area contributed by atoms with E-state index in [4.69, 9.17) is 4.74 Å². The van der Waals surface area contributed by atoms with Crippen LogP contribution in [-0.2, 0) is 0 Å². The highest BCUT2D eigenvalue weighted by molar-refractivity contribution is 5.31. The Morgan fingerprint density at radius 3 is 2.73 bits per heavy atom. The number of β-amino-alcohol motifs (C(OH)–C–C–N with tert-alkyl or cyclic N) is 1. The molecule has 0 spiro atoms. The molecule has 1 unspecified atom stereocenters. The molecule has 7 heteroatoms. The third-order valence-electron chi connectivity index (χ3n) is 3.55. The van der Waals surface area contributed by atoms with Crippen LogP contribution in [0.25, 0.3) is 5.69 Å². The van der Waals surface area contributed by atoms with E-state index in [1.165, 1.54) is 4.68 Å². The number of rotatable bonds is 8. The van der Waals surface area contributed by atoms with Crippen LogP contribution in [0.1, 0.15) is 27.2 Å². The zero-order valence-corrected chi connectivity index (χ0v) is 13.2. The predicted molar refractivity (Wildman–Crippen MR) is 83.0 cm³/mol. The van der Waals surface area contributed by atoms with Gasteiger partial charge in [0.2, 0.25) is 0 Å². The van der Waals surface area contributed by atoms with Crippen molar-refractivity contribution in [1.82, 2.24) is 25.5 Å². The Kier molecular flexibility index (Phi) is 5.46. The molecule has 1 aromatic heterocycles. The Morgan fingerprint density at radius 1 is 1.32 bits per heavy atom. The van der Waals surface area contributed by atoms with E-state index in [1.807, 2.05) is 30.3 Å². The van der Waals surface area contributed by atoms with Crippen LogP contribution in [-0.4, -0.2) is 50.1 Å². The van der Waals surface area contributed by atoms with Crippen LogP contribution in [0.4, 0.5) is 0 Å². The SMILES string of the molecule is CCC(C)(C)NCC(O)COc1nnnn1-c1ccccc1. The summed E-state index contributed by atoms with van der Waals surface area (Å²) in [5, 5.41) is 24.6. The molecule has 0 fully saturated rings. The molecule has 0 radical (unpaired) electrons. The first-order valence-electron chi connectivity index (χ1n) is 7.41. The van der Waals surface area contributed by atoms with Gasteiger partial charge in [0.1, 0.15) is 12.7 Å². The summed E-state index contributed by atoms with van der Waals surface area (Å²) in [6, 6.07) is 9.73. The number of nitrogens with one attached hydrogen (secondary N) is 1. The predicted octanol–water partition coefficient (Wildman–Crippen LogP) is 1.18. The van der Waals surface area contributed by atoms with Crippen molar-refractivity contribution in [3.05, 3.63) is 30.3 Å². The molecule has 0 amide bonds. The van der Waals surface area contributed by atoms with Gasteiger partial charge in [-0.25, -0.2) is 0 Å². The summed E-state index contributed by atoms with van der Waals surface area (Å²) < 4.78 is 7.03. The van der Waals surface area contributed by atoms with Gasteiger partial charge in [-0.3, -0.25) is 0 Å².